The van der Waals surface area contributed by atoms with Crippen molar-refractivity contribution < 1.29 is 9.84 Å². The SMILES string of the molecule is COc1ccc2c(c1)CC[C@@H]1[C@@H]2CC[C@]2(C)[C@H](O)/C(=C/c3cn(C)nc3C)C[C@@H]12. The molecule has 1 aromatic carbocycles. The Morgan fingerprint density at radius 3 is 2.86 bits per heavy atom. The first-order chi connectivity index (χ1) is 13.9. The van der Waals surface area contributed by atoms with Gasteiger partial charge in [-0.15, -0.1) is 0 Å². The Morgan fingerprint density at radius 1 is 1.31 bits per heavy atom. The van der Waals surface area contributed by atoms with Crippen molar-refractivity contribution in [2.75, 3.05) is 7.11 Å². The van der Waals surface area contributed by atoms with Crippen LogP contribution >= 0.6 is 0 Å². The molecule has 29 heavy (non-hydrogen) atoms. The highest BCUT2D eigenvalue weighted by Crippen LogP contribution is 2.62. The number of nitrogens with zero attached hydrogens (tertiary/aromatic N) is 2. The molecule has 1 N–H and O–H groups in total. The summed E-state index contributed by atoms with van der Waals surface area (Å²) in [6, 6.07) is 6.66. The summed E-state index contributed by atoms with van der Waals surface area (Å²) in [7, 11) is 3.71. The molecule has 3 aliphatic carbocycles. The lowest BCUT2D eigenvalue weighted by atomic mass is 9.55. The first-order valence-corrected chi connectivity index (χ1v) is 11.0. The second-order valence-corrected chi connectivity index (χ2v) is 9.69. The molecule has 0 unspecified atom stereocenters. The van der Waals surface area contributed by atoms with E-state index in [1.807, 2.05) is 18.7 Å². The molecule has 2 aromatic rings. The van der Waals surface area contributed by atoms with Crippen molar-refractivity contribution in [2.45, 2.75) is 58.0 Å². The predicted octanol–water partition coefficient (Wildman–Crippen LogP) is 4.65. The van der Waals surface area contributed by atoms with E-state index in [9.17, 15) is 5.11 Å². The van der Waals surface area contributed by atoms with Crippen LogP contribution in [0.1, 0.15) is 60.9 Å². The zero-order valence-electron chi connectivity index (χ0n) is 18.0. The molecule has 0 aliphatic heterocycles. The fraction of sp³-hybridized carbons (Fsp3) is 0.560. The normalized spacial score (nSPS) is 34.6. The minimum atomic E-state index is -0.342. The van der Waals surface area contributed by atoms with Crippen LogP contribution in [0.25, 0.3) is 6.08 Å². The van der Waals surface area contributed by atoms with Crippen LogP contribution in [0.15, 0.2) is 30.0 Å². The molecular formula is C25H32N2O2. The third kappa shape index (κ3) is 2.87. The van der Waals surface area contributed by atoms with Gasteiger partial charge in [-0.1, -0.05) is 13.0 Å². The monoisotopic (exact) mass is 392 g/mol. The van der Waals surface area contributed by atoms with E-state index in [1.54, 1.807) is 7.11 Å². The molecule has 5 rings (SSSR count). The van der Waals surface area contributed by atoms with Gasteiger partial charge in [0.2, 0.25) is 0 Å². The molecule has 0 saturated heterocycles. The Balaban J connectivity index is 1.47. The number of benzene rings is 1. The number of ether oxygens (including phenoxy) is 1. The van der Waals surface area contributed by atoms with Crippen molar-refractivity contribution in [3.05, 3.63) is 52.4 Å². The van der Waals surface area contributed by atoms with Gasteiger partial charge < -0.3 is 9.84 Å². The van der Waals surface area contributed by atoms with Crippen molar-refractivity contribution in [1.29, 1.82) is 0 Å². The number of aliphatic hydroxyl groups is 1. The van der Waals surface area contributed by atoms with Crippen LogP contribution in [0.3, 0.4) is 0 Å². The Hall–Kier alpha value is -2.07. The highest BCUT2D eigenvalue weighted by Gasteiger charge is 2.56. The van der Waals surface area contributed by atoms with E-state index in [0.29, 0.717) is 17.8 Å². The highest BCUT2D eigenvalue weighted by molar-refractivity contribution is 5.57. The number of hydrogen-bond donors (Lipinski definition) is 1. The van der Waals surface area contributed by atoms with E-state index >= 15 is 0 Å². The van der Waals surface area contributed by atoms with Gasteiger partial charge in [0.05, 0.1) is 18.9 Å². The Morgan fingerprint density at radius 2 is 2.14 bits per heavy atom. The molecular weight excluding hydrogens is 360 g/mol. The van der Waals surface area contributed by atoms with Gasteiger partial charge in [-0.25, -0.2) is 0 Å². The van der Waals surface area contributed by atoms with E-state index in [0.717, 1.165) is 36.3 Å². The molecule has 1 heterocycles. The number of fused-ring (bicyclic) bond motifs is 5. The Kier molecular flexibility index (Phi) is 4.39. The maximum Gasteiger partial charge on any atom is 0.119 e. The molecule has 2 fully saturated rings. The van der Waals surface area contributed by atoms with Gasteiger partial charge in [-0.3, -0.25) is 4.68 Å². The number of aromatic nitrogens is 2. The summed E-state index contributed by atoms with van der Waals surface area (Å²) in [5, 5.41) is 15.8. The summed E-state index contributed by atoms with van der Waals surface area (Å²) in [4.78, 5) is 0. The number of aryl methyl sites for hydroxylation is 3. The number of rotatable bonds is 2. The lowest BCUT2D eigenvalue weighted by Gasteiger charge is -2.49. The number of hydrogen-bond acceptors (Lipinski definition) is 3. The van der Waals surface area contributed by atoms with Crippen LogP contribution in [-0.2, 0) is 13.5 Å². The van der Waals surface area contributed by atoms with Gasteiger partial charge >= 0.3 is 0 Å². The van der Waals surface area contributed by atoms with Crippen molar-refractivity contribution in [1.82, 2.24) is 9.78 Å². The van der Waals surface area contributed by atoms with Gasteiger partial charge in [0.1, 0.15) is 5.75 Å². The quantitative estimate of drug-likeness (QED) is 0.809. The molecule has 3 aliphatic rings. The van der Waals surface area contributed by atoms with Crippen molar-refractivity contribution in [3.8, 4) is 5.75 Å². The third-order valence-corrected chi connectivity index (χ3v) is 8.20. The van der Waals surface area contributed by atoms with Crippen LogP contribution in [0.5, 0.6) is 5.75 Å². The van der Waals surface area contributed by atoms with Crippen LogP contribution in [-0.4, -0.2) is 28.1 Å². The second-order valence-electron chi connectivity index (χ2n) is 9.69. The van der Waals surface area contributed by atoms with Crippen LogP contribution in [0, 0.1) is 24.2 Å². The topological polar surface area (TPSA) is 47.3 Å². The molecule has 0 amide bonds. The van der Waals surface area contributed by atoms with E-state index in [2.05, 4.69) is 42.5 Å². The number of aliphatic hydroxyl groups excluding tert-OH is 1. The fourth-order valence-corrected chi connectivity index (χ4v) is 6.64. The van der Waals surface area contributed by atoms with Gasteiger partial charge in [0, 0.05) is 24.2 Å². The van der Waals surface area contributed by atoms with E-state index < -0.39 is 0 Å². The predicted molar refractivity (Wildman–Crippen MR) is 115 cm³/mol. The van der Waals surface area contributed by atoms with Crippen molar-refractivity contribution in [2.24, 2.45) is 24.3 Å². The third-order valence-electron chi connectivity index (χ3n) is 8.20. The average molecular weight is 393 g/mol. The highest BCUT2D eigenvalue weighted by atomic mass is 16.5. The molecule has 4 nitrogen and oxygen atoms in total. The fourth-order valence-electron chi connectivity index (χ4n) is 6.64. The smallest absolute Gasteiger partial charge is 0.119 e. The maximum absolute atomic E-state index is 11.3. The minimum absolute atomic E-state index is 0.00686. The minimum Gasteiger partial charge on any atom is -0.497 e. The summed E-state index contributed by atoms with van der Waals surface area (Å²) in [5.41, 5.74) is 6.36. The second kappa shape index (κ2) is 6.73. The van der Waals surface area contributed by atoms with Gasteiger partial charge in [-0.05, 0) is 91.7 Å². The molecule has 0 bridgehead atoms. The van der Waals surface area contributed by atoms with Crippen LogP contribution in [0.4, 0.5) is 0 Å². The molecule has 154 valence electrons. The summed E-state index contributed by atoms with van der Waals surface area (Å²) in [6.07, 6.45) is 9.56. The van der Waals surface area contributed by atoms with E-state index in [1.165, 1.54) is 29.5 Å². The summed E-state index contributed by atoms with van der Waals surface area (Å²) >= 11 is 0. The van der Waals surface area contributed by atoms with Crippen molar-refractivity contribution in [3.63, 3.8) is 0 Å². The van der Waals surface area contributed by atoms with E-state index in [4.69, 9.17) is 4.74 Å². The maximum atomic E-state index is 11.3. The van der Waals surface area contributed by atoms with Gasteiger partial charge in [-0.2, -0.15) is 5.10 Å². The molecule has 5 atom stereocenters. The summed E-state index contributed by atoms with van der Waals surface area (Å²) < 4.78 is 7.31. The molecule has 1 aromatic heterocycles. The zero-order chi connectivity index (χ0) is 20.3. The summed E-state index contributed by atoms with van der Waals surface area (Å²) in [6.45, 7) is 4.38. The van der Waals surface area contributed by atoms with Gasteiger partial charge in [0.15, 0.2) is 0 Å². The Labute approximate surface area is 173 Å². The lowest BCUT2D eigenvalue weighted by molar-refractivity contribution is -0.0158. The first-order valence-electron chi connectivity index (χ1n) is 11.0. The standard InChI is InChI=1S/C25H32N2O2/c1-15-18(14-27(3)26-15)11-17-13-23-22-7-5-16-12-19(29-4)6-8-20(16)21(22)9-10-25(23,2)24(17)28/h6,8,11-12,14,21-24,28H,5,7,9-10,13H2,1-4H3/b17-11+/t21-,22-,23+,24-,25+/m1/s1. The molecule has 2 saturated carbocycles. The largest absolute Gasteiger partial charge is 0.497 e. The lowest BCUT2D eigenvalue weighted by Crippen LogP contribution is -2.44. The molecule has 0 radical (unpaired) electrons. The molecule has 4 heteroatoms. The zero-order valence-corrected chi connectivity index (χ0v) is 18.0. The van der Waals surface area contributed by atoms with Crippen LogP contribution < -0.4 is 4.74 Å². The summed E-state index contributed by atoms with van der Waals surface area (Å²) in [5.74, 6) is 2.80. The number of methoxy groups -OCH3 is 1. The van der Waals surface area contributed by atoms with E-state index in [-0.39, 0.29) is 11.5 Å². The van der Waals surface area contributed by atoms with Gasteiger partial charge in [0.25, 0.3) is 0 Å². The van der Waals surface area contributed by atoms with Crippen molar-refractivity contribution >= 4 is 6.08 Å². The molecule has 0 spiro atoms. The average Bonchev–Trinajstić information content (AvgIpc) is 3.17. The first kappa shape index (κ1) is 18.9. The van der Waals surface area contributed by atoms with Crippen LogP contribution in [0.2, 0.25) is 0 Å². The Bertz CT molecular complexity index is 975.